The van der Waals surface area contributed by atoms with Gasteiger partial charge >= 0.3 is 7.12 Å². The largest absolute Gasteiger partial charge is 0.498 e. The summed E-state index contributed by atoms with van der Waals surface area (Å²) in [5, 5.41) is 36.9. The molecule has 0 radical (unpaired) electrons. The van der Waals surface area contributed by atoms with Crippen molar-refractivity contribution in [2.45, 2.75) is 92.8 Å². The van der Waals surface area contributed by atoms with Gasteiger partial charge in [-0.05, 0) is 171 Å². The Hall–Kier alpha value is -15.2. The molecule has 8 N–H and O–H groups in total. The van der Waals surface area contributed by atoms with Crippen molar-refractivity contribution in [3.63, 3.8) is 0 Å². The standard InChI is InChI=1S/2C25H20ClN9.2C21H15ClIN7.C10H17BN2O2/c1-14-6-5-9-18-21(14)32-19(23(31-18)16-7-3-4-8-17(16)26)12-35-25-20(24(27)28-13-29-25)22(33-35)15-10-30-34(2)11-15;1-14-6-5-9-18-21(14)32-23(16-7-3-4-8-17(16)26)19(31-18)12-35-25-20(24(27)28-13-29-25)22(33-35)15-10-30-34(2)11-15;1-11-5-4-8-14-17(11)28-15(18(27-14)12-6-2-3-7-13(12)22)9-30-21-16(19(23)29-30)20(24)25-10-26-21;1-11-5-4-8-14-17(11)28-18(12-6-2-3-7-13(12)22)15(27-14)9-30-21-16(19(23)29-30)20(24)25-10-26-21;1-9(2)10(3,4)15-11(14-9)8-6-12-13(5)7-8/h2*3-11,13H,12H2,1-2H3,(H2,27,28,29);2*2-8,10H,9H2,1H3,(H2,24,25,26);6-7H,1-5H3. The van der Waals surface area contributed by atoms with E-state index in [0.29, 0.717) is 126 Å². The molecule has 0 bridgehead atoms. The van der Waals surface area contributed by atoms with Crippen molar-refractivity contribution >= 4 is 216 Å². The molecule has 0 spiro atoms. The third-order valence-electron chi connectivity index (χ3n) is 24.9. The van der Waals surface area contributed by atoms with Crippen molar-refractivity contribution in [2.24, 2.45) is 21.1 Å². The van der Waals surface area contributed by atoms with Gasteiger partial charge in [0.15, 0.2) is 22.6 Å². The molecule has 722 valence electrons. The normalized spacial score (nSPS) is 12.7. The van der Waals surface area contributed by atoms with E-state index in [1.54, 1.807) is 51.4 Å². The Kier molecular flexibility index (Phi) is 26.9. The van der Waals surface area contributed by atoms with Crippen LogP contribution < -0.4 is 28.4 Å². The average Bonchev–Trinajstić information content (AvgIpc) is 1.66. The lowest BCUT2D eigenvalue weighted by Crippen LogP contribution is -2.41. The topological polar surface area (TPSA) is 454 Å². The first-order valence-electron chi connectivity index (χ1n) is 45.4. The van der Waals surface area contributed by atoms with Crippen molar-refractivity contribution in [1.29, 1.82) is 0 Å². The molecule has 0 saturated carbocycles. The second-order valence-corrected chi connectivity index (χ2v) is 39.0. The van der Waals surface area contributed by atoms with Crippen LogP contribution in [-0.2, 0) is 56.6 Å². The van der Waals surface area contributed by atoms with E-state index < -0.39 is 0 Å². The fraction of sp³-hybridized carbons (Fsp3) is 0.167. The maximum Gasteiger partial charge on any atom is 0.498 e. The Morgan fingerprint density at radius 3 is 0.917 bits per heavy atom. The lowest BCUT2D eigenvalue weighted by Gasteiger charge is -2.32. The summed E-state index contributed by atoms with van der Waals surface area (Å²) in [6.45, 7) is 17.6. The van der Waals surface area contributed by atoms with Crippen molar-refractivity contribution in [3.05, 3.63) is 305 Å². The molecule has 23 aromatic rings. The molecule has 0 amide bonds. The van der Waals surface area contributed by atoms with Crippen molar-refractivity contribution in [3.8, 4) is 67.5 Å². The smallest absolute Gasteiger partial charge is 0.399 e. The second kappa shape index (κ2) is 40.2. The summed E-state index contributed by atoms with van der Waals surface area (Å²) in [6, 6.07) is 54.3. The van der Waals surface area contributed by atoms with E-state index in [1.807, 2.05) is 265 Å². The molecule has 0 atom stereocenters. The Labute approximate surface area is 875 Å². The van der Waals surface area contributed by atoms with E-state index in [2.05, 4.69) is 111 Å². The monoisotopic (exact) mass is 2220 g/mol. The molecular weight excluding hydrogens is 2140 g/mol. The number of benzene rings is 8. The Bertz CT molecular complexity index is 8980. The van der Waals surface area contributed by atoms with Gasteiger partial charge in [-0.25, -0.2) is 98.5 Å². The summed E-state index contributed by atoms with van der Waals surface area (Å²) in [5.41, 5.74) is 50.3. The molecule has 1 aliphatic rings. The Morgan fingerprint density at radius 1 is 0.317 bits per heavy atom. The average molecular weight is 2230 g/mol. The Morgan fingerprint density at radius 2 is 0.600 bits per heavy atom. The number of anilines is 4. The minimum absolute atomic E-state index is 0.284. The molecule has 15 aromatic heterocycles. The number of fused-ring (bicyclic) bond motifs is 8. The van der Waals surface area contributed by atoms with Crippen molar-refractivity contribution in [2.75, 3.05) is 22.9 Å². The Balaban J connectivity index is 0.000000113. The van der Waals surface area contributed by atoms with Crippen LogP contribution in [-0.4, -0.2) is 167 Å². The number of para-hydroxylation sites is 4. The summed E-state index contributed by atoms with van der Waals surface area (Å²) in [4.78, 5) is 74.1. The summed E-state index contributed by atoms with van der Waals surface area (Å²) in [5.74, 6) is 1.52. The summed E-state index contributed by atoms with van der Waals surface area (Å²) in [7, 11) is 5.29. The first-order chi connectivity index (χ1) is 69.8. The van der Waals surface area contributed by atoms with E-state index in [1.165, 1.54) is 25.3 Å². The highest BCUT2D eigenvalue weighted by Gasteiger charge is 2.52. The van der Waals surface area contributed by atoms with Crippen LogP contribution in [0.15, 0.2) is 232 Å². The maximum absolute atomic E-state index is 6.59. The van der Waals surface area contributed by atoms with Gasteiger partial charge in [0.25, 0.3) is 0 Å². The first-order valence-corrected chi connectivity index (χ1v) is 49.1. The van der Waals surface area contributed by atoms with Crippen LogP contribution in [0.3, 0.4) is 0 Å². The number of nitrogens with zero attached hydrogens (tertiary/aromatic N) is 30. The van der Waals surface area contributed by atoms with Gasteiger partial charge in [0, 0.05) is 84.8 Å². The van der Waals surface area contributed by atoms with Gasteiger partial charge in [-0.1, -0.05) is 168 Å². The van der Waals surface area contributed by atoms with E-state index in [4.69, 9.17) is 129 Å². The van der Waals surface area contributed by atoms with E-state index in [0.717, 1.165) is 158 Å². The van der Waals surface area contributed by atoms with Crippen LogP contribution in [0.5, 0.6) is 0 Å². The molecule has 0 unspecified atom stereocenters. The highest BCUT2D eigenvalue weighted by atomic mass is 127. The van der Waals surface area contributed by atoms with Crippen LogP contribution in [0, 0.1) is 35.1 Å². The van der Waals surface area contributed by atoms with Gasteiger partial charge in [0.05, 0.1) is 181 Å². The van der Waals surface area contributed by atoms with E-state index in [9.17, 15) is 0 Å². The zero-order valence-electron chi connectivity index (χ0n) is 79.7. The van der Waals surface area contributed by atoms with Crippen LogP contribution in [0.2, 0.25) is 20.1 Å². The lowest BCUT2D eigenvalue weighted by molar-refractivity contribution is 0.00578. The minimum Gasteiger partial charge on any atom is -0.399 e. The van der Waals surface area contributed by atoms with Crippen LogP contribution in [0.25, 0.3) is 156 Å². The number of halogens is 6. The highest BCUT2D eigenvalue weighted by Crippen LogP contribution is 2.42. The zero-order chi connectivity index (χ0) is 101. The molecule has 24 rings (SSSR count). The number of hydrogen-bond acceptors (Lipinski definition) is 29. The predicted octanol–water partition coefficient (Wildman–Crippen LogP) is 18.8. The molecule has 43 heteroatoms. The molecule has 1 fully saturated rings. The predicted molar refractivity (Wildman–Crippen MR) is 583 cm³/mol. The molecule has 16 heterocycles. The van der Waals surface area contributed by atoms with Gasteiger partial charge < -0.3 is 32.2 Å². The van der Waals surface area contributed by atoms with Crippen molar-refractivity contribution in [1.82, 2.24) is 148 Å². The number of aryl methyl sites for hydroxylation is 7. The van der Waals surface area contributed by atoms with Crippen molar-refractivity contribution < 1.29 is 9.31 Å². The van der Waals surface area contributed by atoms with Gasteiger partial charge in [0.2, 0.25) is 0 Å². The van der Waals surface area contributed by atoms with E-state index >= 15 is 0 Å². The van der Waals surface area contributed by atoms with Gasteiger partial charge in [0.1, 0.15) is 67.4 Å². The molecule has 0 aliphatic carbocycles. The first kappa shape index (κ1) is 97.2. The van der Waals surface area contributed by atoms with Crippen LogP contribution >= 0.6 is 91.6 Å². The fourth-order valence-electron chi connectivity index (χ4n) is 17.0. The summed E-state index contributed by atoms with van der Waals surface area (Å²) >= 11 is 30.5. The number of aromatic nitrogens is 30. The van der Waals surface area contributed by atoms with Crippen LogP contribution in [0.4, 0.5) is 23.3 Å². The third-order valence-corrected chi connectivity index (χ3v) is 27.8. The minimum atomic E-state index is -0.302. The second-order valence-electron chi connectivity index (χ2n) is 35.3. The SMILES string of the molecule is Cc1cccc2nc(-c3ccccc3Cl)c(Cn3nc(-c4cnn(C)c4)c4c(N)ncnc43)nc12.Cc1cccc2nc(-c3ccccc3Cl)c(Cn3nc(I)c4c(N)ncnc43)nc12.Cc1cccc2nc(Cn3nc(-c4cnn(C)c4)c4c(N)ncnc43)c(-c3ccccc3Cl)nc12.Cc1cccc2nc(Cn3nc(I)c4c(N)ncnc43)c(-c3ccccc3Cl)nc12.Cn1cc(B2OC(C)(C)C(C)(C)O2)cn1. The van der Waals surface area contributed by atoms with E-state index in [-0.39, 0.29) is 18.3 Å². The molecule has 36 nitrogen and oxygen atoms in total. The quantitative estimate of drug-likeness (QED) is 0.0547. The number of nitrogens with two attached hydrogens (primary N) is 4. The molecule has 1 aliphatic heterocycles. The van der Waals surface area contributed by atoms with Gasteiger partial charge in [-0.2, -0.15) is 35.7 Å². The number of nitrogen functional groups attached to an aromatic ring is 4. The number of rotatable bonds is 15. The van der Waals surface area contributed by atoms with Gasteiger partial charge in [-0.3, -0.25) is 14.0 Å². The third kappa shape index (κ3) is 19.4. The lowest BCUT2D eigenvalue weighted by atomic mass is 9.82. The van der Waals surface area contributed by atoms with Crippen LogP contribution in [0.1, 0.15) is 72.7 Å². The zero-order valence-corrected chi connectivity index (χ0v) is 87.0. The number of hydrogen-bond donors (Lipinski definition) is 4. The maximum atomic E-state index is 6.59. The summed E-state index contributed by atoms with van der Waals surface area (Å²) in [6.07, 6.45) is 16.7. The van der Waals surface area contributed by atoms with Gasteiger partial charge in [-0.15, -0.1) is 0 Å². The fourth-order valence-corrected chi connectivity index (χ4v) is 19.5. The molecule has 8 aromatic carbocycles. The molecule has 145 heavy (non-hydrogen) atoms. The molecule has 1 saturated heterocycles. The molecular formula is C102H87BCl4I2N34O2. The summed E-state index contributed by atoms with van der Waals surface area (Å²) < 4.78 is 25.6. The highest BCUT2D eigenvalue weighted by molar-refractivity contribution is 14.1.